The minimum absolute atomic E-state index is 0.130. The average molecular weight is 549 g/mol. The van der Waals surface area contributed by atoms with Crippen molar-refractivity contribution in [2.45, 2.75) is 103 Å². The molecule has 11 heteroatoms. The standard InChI is InChI=1S/C25H43F3N4O2SSi/c1-17(29)18-10-11-19-21(14-18)32(16-34-12-13-36(7,8)9)22(30-19)20(31-35(33)23(2,3)4)15-24(5,6)25(26,27)28/h10-11,14,17,20,31H,12-13,15-16,29H2,1-9H3/t17-,20-,35+/m1/s1. The summed E-state index contributed by atoms with van der Waals surface area (Å²) in [7, 11) is -2.95. The average Bonchev–Trinajstić information content (AvgIpc) is 3.05. The van der Waals surface area contributed by atoms with Crippen LogP contribution in [0, 0.1) is 5.41 Å². The number of ether oxygens (including phenoxy) is 1. The molecule has 0 radical (unpaired) electrons. The number of imidazole rings is 1. The first-order valence-corrected chi connectivity index (χ1v) is 17.2. The van der Waals surface area contributed by atoms with Crippen molar-refractivity contribution in [3.63, 3.8) is 0 Å². The van der Waals surface area contributed by atoms with Crippen LogP contribution in [0.15, 0.2) is 18.2 Å². The van der Waals surface area contributed by atoms with E-state index in [4.69, 9.17) is 15.5 Å². The number of nitrogens with one attached hydrogen (secondary N) is 1. The molecule has 6 nitrogen and oxygen atoms in total. The number of hydrogen-bond acceptors (Lipinski definition) is 4. The number of nitrogens with two attached hydrogens (primary N) is 1. The van der Waals surface area contributed by atoms with E-state index in [1.165, 1.54) is 0 Å². The number of alkyl halides is 3. The van der Waals surface area contributed by atoms with Gasteiger partial charge in [-0.05, 0) is 57.9 Å². The molecule has 0 fully saturated rings. The van der Waals surface area contributed by atoms with Gasteiger partial charge in [0.15, 0.2) is 0 Å². The summed E-state index contributed by atoms with van der Waals surface area (Å²) in [4.78, 5) is 4.73. The lowest BCUT2D eigenvalue weighted by molar-refractivity contribution is -0.215. The zero-order chi connectivity index (χ0) is 27.7. The molecule has 0 spiro atoms. The van der Waals surface area contributed by atoms with Crippen LogP contribution < -0.4 is 10.5 Å². The van der Waals surface area contributed by atoms with Gasteiger partial charge in [-0.3, -0.25) is 0 Å². The summed E-state index contributed by atoms with van der Waals surface area (Å²) in [6.07, 6.45) is -4.78. The van der Waals surface area contributed by atoms with E-state index in [9.17, 15) is 17.4 Å². The number of aromatic nitrogens is 2. The summed E-state index contributed by atoms with van der Waals surface area (Å²) in [6.45, 7) is 17.0. The highest BCUT2D eigenvalue weighted by atomic mass is 32.2. The van der Waals surface area contributed by atoms with Gasteiger partial charge in [0, 0.05) is 20.7 Å². The number of fused-ring (bicyclic) bond motifs is 1. The van der Waals surface area contributed by atoms with E-state index in [0.29, 0.717) is 17.9 Å². The summed E-state index contributed by atoms with van der Waals surface area (Å²) >= 11 is 0. The fourth-order valence-corrected chi connectivity index (χ4v) is 5.05. The normalized spacial score (nSPS) is 16.4. The Balaban J connectivity index is 2.61. The molecule has 0 aliphatic heterocycles. The molecule has 0 amide bonds. The van der Waals surface area contributed by atoms with Gasteiger partial charge in [-0.25, -0.2) is 13.9 Å². The first kappa shape index (κ1) is 30.9. The fraction of sp³-hybridized carbons (Fsp3) is 0.720. The molecule has 0 unspecified atom stereocenters. The smallest absolute Gasteiger partial charge is 0.361 e. The Bertz CT molecular complexity index is 1060. The highest BCUT2D eigenvalue weighted by Crippen LogP contribution is 2.44. The zero-order valence-electron chi connectivity index (χ0n) is 23.0. The van der Waals surface area contributed by atoms with Crippen LogP contribution in [-0.4, -0.2) is 39.4 Å². The van der Waals surface area contributed by atoms with Crippen LogP contribution in [0.5, 0.6) is 0 Å². The Morgan fingerprint density at radius 1 is 1.17 bits per heavy atom. The van der Waals surface area contributed by atoms with Gasteiger partial charge in [0.2, 0.25) is 0 Å². The van der Waals surface area contributed by atoms with Crippen molar-refractivity contribution in [3.05, 3.63) is 29.6 Å². The van der Waals surface area contributed by atoms with Gasteiger partial charge < -0.3 is 15.0 Å². The van der Waals surface area contributed by atoms with E-state index in [0.717, 1.165) is 31.0 Å². The van der Waals surface area contributed by atoms with E-state index in [-0.39, 0.29) is 19.2 Å². The van der Waals surface area contributed by atoms with Gasteiger partial charge in [-0.2, -0.15) is 13.2 Å². The molecule has 0 saturated heterocycles. The number of hydrogen-bond donors (Lipinski definition) is 2. The van der Waals surface area contributed by atoms with Crippen molar-refractivity contribution in [2.24, 2.45) is 11.1 Å². The largest absolute Gasteiger partial charge is 0.394 e. The second-order valence-electron chi connectivity index (χ2n) is 12.4. The summed E-state index contributed by atoms with van der Waals surface area (Å²) < 4.78 is 65.0. The molecule has 3 atom stereocenters. The summed E-state index contributed by atoms with van der Waals surface area (Å²) in [5.74, 6) is 0.370. The molecule has 0 aliphatic carbocycles. The number of nitrogens with zero attached hydrogens (tertiary/aromatic N) is 2. The summed E-state index contributed by atoms with van der Waals surface area (Å²) in [5, 5.41) is 0. The Kier molecular flexibility index (Phi) is 9.65. The van der Waals surface area contributed by atoms with Crippen LogP contribution >= 0.6 is 0 Å². The van der Waals surface area contributed by atoms with Gasteiger partial charge in [-0.15, -0.1) is 0 Å². The first-order valence-electron chi connectivity index (χ1n) is 12.3. The third-order valence-corrected chi connectivity index (χ3v) is 9.46. The van der Waals surface area contributed by atoms with Crippen LogP contribution in [-0.2, 0) is 22.5 Å². The second kappa shape index (κ2) is 11.2. The molecular formula is C25H43F3N4O2SSi. The van der Waals surface area contributed by atoms with Crippen molar-refractivity contribution in [3.8, 4) is 0 Å². The molecule has 2 aromatic rings. The minimum Gasteiger partial charge on any atom is -0.361 e. The van der Waals surface area contributed by atoms with Crippen LogP contribution in [0.1, 0.15) is 71.4 Å². The molecule has 1 heterocycles. The topological polar surface area (TPSA) is 82.2 Å². The first-order chi connectivity index (χ1) is 16.2. The maximum Gasteiger partial charge on any atom is 0.394 e. The van der Waals surface area contributed by atoms with E-state index in [2.05, 4.69) is 24.4 Å². The predicted octanol–water partition coefficient (Wildman–Crippen LogP) is 6.44. The van der Waals surface area contributed by atoms with Gasteiger partial charge >= 0.3 is 6.18 Å². The molecule has 0 saturated carbocycles. The van der Waals surface area contributed by atoms with E-state index in [1.54, 1.807) is 25.3 Å². The van der Waals surface area contributed by atoms with Crippen LogP contribution in [0.2, 0.25) is 25.7 Å². The third-order valence-electron chi connectivity index (χ3n) is 6.14. The molecule has 0 bridgehead atoms. The summed E-state index contributed by atoms with van der Waals surface area (Å²) in [6, 6.07) is 5.41. The molecule has 1 aromatic heterocycles. The lowest BCUT2D eigenvalue weighted by Gasteiger charge is -2.33. The van der Waals surface area contributed by atoms with Crippen molar-refractivity contribution >= 4 is 30.1 Å². The Labute approximate surface area is 217 Å². The van der Waals surface area contributed by atoms with E-state index in [1.807, 2.05) is 25.1 Å². The summed E-state index contributed by atoms with van der Waals surface area (Å²) in [5.41, 5.74) is 6.30. The molecule has 206 valence electrons. The molecule has 1 aromatic carbocycles. The van der Waals surface area contributed by atoms with Crippen molar-refractivity contribution in [1.29, 1.82) is 0 Å². The quantitative estimate of drug-likeness (QED) is 0.250. The molecule has 3 N–H and O–H groups in total. The van der Waals surface area contributed by atoms with Crippen LogP contribution in [0.4, 0.5) is 13.2 Å². The predicted molar refractivity (Wildman–Crippen MR) is 145 cm³/mol. The second-order valence-corrected chi connectivity index (χ2v) is 20.0. The monoisotopic (exact) mass is 548 g/mol. The number of halogens is 3. The molecule has 2 rings (SSSR count). The number of benzene rings is 1. The lowest BCUT2D eigenvalue weighted by Crippen LogP contribution is -2.41. The third kappa shape index (κ3) is 8.11. The Hall–Kier alpha value is -1.27. The Morgan fingerprint density at radius 3 is 2.28 bits per heavy atom. The number of rotatable bonds is 11. The van der Waals surface area contributed by atoms with Gasteiger partial charge in [-0.1, -0.05) is 39.6 Å². The minimum atomic E-state index is -4.44. The van der Waals surface area contributed by atoms with Gasteiger partial charge in [0.05, 0.1) is 38.2 Å². The Morgan fingerprint density at radius 2 is 1.78 bits per heavy atom. The van der Waals surface area contributed by atoms with Gasteiger partial charge in [0.1, 0.15) is 12.6 Å². The maximum atomic E-state index is 13.9. The molecule has 36 heavy (non-hydrogen) atoms. The van der Waals surface area contributed by atoms with Gasteiger partial charge in [0.25, 0.3) is 0 Å². The highest BCUT2D eigenvalue weighted by Gasteiger charge is 2.49. The van der Waals surface area contributed by atoms with E-state index < -0.39 is 41.4 Å². The van der Waals surface area contributed by atoms with E-state index >= 15 is 0 Å². The van der Waals surface area contributed by atoms with Crippen molar-refractivity contribution in [1.82, 2.24) is 14.3 Å². The van der Waals surface area contributed by atoms with Crippen molar-refractivity contribution < 1.29 is 22.1 Å². The zero-order valence-corrected chi connectivity index (χ0v) is 24.9. The van der Waals surface area contributed by atoms with Crippen molar-refractivity contribution in [2.75, 3.05) is 6.61 Å². The fourth-order valence-electron chi connectivity index (χ4n) is 3.50. The van der Waals surface area contributed by atoms with Crippen LogP contribution in [0.3, 0.4) is 0 Å². The maximum absolute atomic E-state index is 13.9. The lowest BCUT2D eigenvalue weighted by atomic mass is 9.85. The SMILES string of the molecule is C[C@@H](N)c1ccc2nc([C@@H](CC(C)(C)C(F)(F)F)N[S@@](=O)C(C)(C)C)n(COCC[Si](C)(C)C)c2c1. The highest BCUT2D eigenvalue weighted by molar-refractivity contribution is 7.84. The molecular weight excluding hydrogens is 505 g/mol. The molecule has 0 aliphatic rings. The van der Waals surface area contributed by atoms with Crippen LogP contribution in [0.25, 0.3) is 11.0 Å².